The number of halogens is 2. The molecule has 0 spiro atoms. The summed E-state index contributed by atoms with van der Waals surface area (Å²) < 4.78 is 17.7. The Balaban J connectivity index is 1.50. The average Bonchev–Trinajstić information content (AvgIpc) is 3.46. The Bertz CT molecular complexity index is 1440. The number of hydrogen-bond donors (Lipinski definition) is 3. The quantitative estimate of drug-likeness (QED) is 0.372. The molecule has 35 heavy (non-hydrogen) atoms. The van der Waals surface area contributed by atoms with Gasteiger partial charge in [-0.15, -0.1) is 0 Å². The Morgan fingerprint density at radius 2 is 2.00 bits per heavy atom. The predicted molar refractivity (Wildman–Crippen MR) is 128 cm³/mol. The molecule has 3 aliphatic carbocycles. The lowest BCUT2D eigenvalue weighted by atomic mass is 9.61. The van der Waals surface area contributed by atoms with Crippen LogP contribution in [0.1, 0.15) is 25.7 Å². The van der Waals surface area contributed by atoms with E-state index in [2.05, 4.69) is 30.2 Å². The number of anilines is 1. The lowest BCUT2D eigenvalue weighted by Gasteiger charge is -2.47. The molecule has 3 N–H and O–H groups in total. The highest BCUT2D eigenvalue weighted by Gasteiger charge is 2.47. The standard InChI is InChI=1S/C24H23ClFN7O2/c1-33-7-6-13(10-33)19-17(26)22(30-18-12-4-2-11(3-5-12)16(18)24(34)35)32-21(31-19)14-8-27-23-20(14)29-15(25)9-28-23/h6-12,16,18H,2-5H2,1H3,(H,27,28)(H,34,35)(H,30,31,32). The van der Waals surface area contributed by atoms with Crippen LogP contribution >= 0.6 is 11.6 Å². The van der Waals surface area contributed by atoms with Gasteiger partial charge in [0.05, 0.1) is 17.7 Å². The van der Waals surface area contributed by atoms with E-state index in [-0.39, 0.29) is 34.3 Å². The second-order valence-corrected chi connectivity index (χ2v) is 9.81. The number of rotatable bonds is 5. The van der Waals surface area contributed by atoms with E-state index in [1.54, 1.807) is 29.2 Å². The van der Waals surface area contributed by atoms with E-state index in [0.717, 1.165) is 25.7 Å². The van der Waals surface area contributed by atoms with E-state index in [9.17, 15) is 9.90 Å². The zero-order valence-electron chi connectivity index (χ0n) is 18.9. The van der Waals surface area contributed by atoms with Crippen molar-refractivity contribution >= 4 is 34.6 Å². The summed E-state index contributed by atoms with van der Waals surface area (Å²) >= 11 is 6.07. The van der Waals surface area contributed by atoms with E-state index in [1.807, 2.05) is 7.05 Å². The first kappa shape index (κ1) is 22.0. The van der Waals surface area contributed by atoms with Crippen molar-refractivity contribution in [2.24, 2.45) is 24.8 Å². The normalized spacial score (nSPS) is 23.6. The monoisotopic (exact) mass is 495 g/mol. The van der Waals surface area contributed by atoms with Gasteiger partial charge in [0.15, 0.2) is 23.1 Å². The largest absolute Gasteiger partial charge is 0.481 e. The fraction of sp³-hybridized carbons (Fsp3) is 0.375. The van der Waals surface area contributed by atoms with E-state index in [4.69, 9.17) is 11.6 Å². The molecule has 7 rings (SSSR count). The summed E-state index contributed by atoms with van der Waals surface area (Å²) in [6.07, 6.45) is 10.3. The topological polar surface area (TPSA) is 122 Å². The van der Waals surface area contributed by atoms with Crippen molar-refractivity contribution in [2.45, 2.75) is 31.7 Å². The first-order valence-corrected chi connectivity index (χ1v) is 12.0. The van der Waals surface area contributed by atoms with Crippen molar-refractivity contribution in [3.05, 3.63) is 41.8 Å². The molecule has 0 aromatic carbocycles. The molecule has 2 unspecified atom stereocenters. The molecule has 0 amide bonds. The van der Waals surface area contributed by atoms with Crippen LogP contribution in [-0.2, 0) is 11.8 Å². The van der Waals surface area contributed by atoms with E-state index in [0.29, 0.717) is 22.3 Å². The molecule has 4 aromatic heterocycles. The van der Waals surface area contributed by atoms with Crippen LogP contribution in [0.5, 0.6) is 0 Å². The van der Waals surface area contributed by atoms with Gasteiger partial charge in [-0.05, 0) is 43.6 Å². The molecule has 4 heterocycles. The lowest BCUT2D eigenvalue weighted by molar-refractivity contribution is -0.148. The van der Waals surface area contributed by atoms with Crippen molar-refractivity contribution in [3.8, 4) is 22.6 Å². The first-order valence-electron chi connectivity index (χ1n) is 11.6. The highest BCUT2D eigenvalue weighted by Crippen LogP contribution is 2.46. The Morgan fingerprint density at radius 3 is 2.71 bits per heavy atom. The van der Waals surface area contributed by atoms with Gasteiger partial charge >= 0.3 is 5.97 Å². The van der Waals surface area contributed by atoms with E-state index in [1.165, 1.54) is 6.20 Å². The number of nitrogens with one attached hydrogen (secondary N) is 2. The number of aromatic amines is 1. The summed E-state index contributed by atoms with van der Waals surface area (Å²) in [6, 6.07) is 1.37. The zero-order valence-corrected chi connectivity index (χ0v) is 19.6. The molecule has 3 aliphatic rings. The minimum absolute atomic E-state index is 0.0120. The number of aryl methyl sites for hydroxylation is 1. The summed E-state index contributed by atoms with van der Waals surface area (Å²) in [5, 5.41) is 13.4. The average molecular weight is 496 g/mol. The number of aliphatic carboxylic acids is 1. The van der Waals surface area contributed by atoms with Gasteiger partial charge in [0, 0.05) is 37.2 Å². The molecule has 0 aliphatic heterocycles. The van der Waals surface area contributed by atoms with Crippen LogP contribution in [0.4, 0.5) is 10.2 Å². The molecule has 11 heteroatoms. The molecule has 3 saturated carbocycles. The number of aromatic nitrogens is 6. The number of hydrogen-bond acceptors (Lipinski definition) is 6. The summed E-state index contributed by atoms with van der Waals surface area (Å²) in [7, 11) is 1.84. The van der Waals surface area contributed by atoms with Crippen LogP contribution in [-0.4, -0.2) is 46.6 Å². The van der Waals surface area contributed by atoms with Crippen molar-refractivity contribution in [3.63, 3.8) is 0 Å². The molecule has 180 valence electrons. The van der Waals surface area contributed by atoms with Crippen molar-refractivity contribution in [2.75, 3.05) is 5.32 Å². The van der Waals surface area contributed by atoms with Gasteiger partial charge in [-0.2, -0.15) is 0 Å². The van der Waals surface area contributed by atoms with Crippen LogP contribution in [0.15, 0.2) is 30.9 Å². The summed E-state index contributed by atoms with van der Waals surface area (Å²) in [6.45, 7) is 0. The zero-order chi connectivity index (χ0) is 24.3. The maximum absolute atomic E-state index is 15.9. The molecule has 2 atom stereocenters. The van der Waals surface area contributed by atoms with E-state index < -0.39 is 23.7 Å². The summed E-state index contributed by atoms with van der Waals surface area (Å²) in [5.41, 5.74) is 2.20. The van der Waals surface area contributed by atoms with Crippen molar-refractivity contribution in [1.82, 2.24) is 29.5 Å². The van der Waals surface area contributed by atoms with Gasteiger partial charge in [-0.25, -0.2) is 24.3 Å². The second kappa shape index (κ2) is 8.30. The second-order valence-electron chi connectivity index (χ2n) is 9.43. The van der Waals surface area contributed by atoms with Crippen LogP contribution in [0.2, 0.25) is 5.15 Å². The minimum atomic E-state index is -0.851. The Morgan fingerprint density at radius 1 is 1.23 bits per heavy atom. The minimum Gasteiger partial charge on any atom is -0.481 e. The third-order valence-electron chi connectivity index (χ3n) is 7.36. The molecule has 2 bridgehead atoms. The first-order chi connectivity index (χ1) is 16.9. The smallest absolute Gasteiger partial charge is 0.308 e. The van der Waals surface area contributed by atoms with Gasteiger partial charge in [0.25, 0.3) is 0 Å². The third kappa shape index (κ3) is 3.72. The Hall–Kier alpha value is -3.53. The van der Waals surface area contributed by atoms with Gasteiger partial charge in [-0.1, -0.05) is 11.6 Å². The maximum atomic E-state index is 15.9. The Kier molecular flexibility index (Phi) is 5.21. The van der Waals surface area contributed by atoms with Crippen LogP contribution < -0.4 is 5.32 Å². The number of carbonyl (C=O) groups is 1. The maximum Gasteiger partial charge on any atom is 0.308 e. The van der Waals surface area contributed by atoms with Crippen LogP contribution in [0.25, 0.3) is 33.8 Å². The molecule has 0 radical (unpaired) electrons. The van der Waals surface area contributed by atoms with Crippen molar-refractivity contribution < 1.29 is 14.3 Å². The van der Waals surface area contributed by atoms with Crippen molar-refractivity contribution in [1.29, 1.82) is 0 Å². The van der Waals surface area contributed by atoms with Gasteiger partial charge < -0.3 is 20.0 Å². The van der Waals surface area contributed by atoms with Gasteiger partial charge in [-0.3, -0.25) is 4.79 Å². The molecular weight excluding hydrogens is 473 g/mol. The summed E-state index contributed by atoms with van der Waals surface area (Å²) in [5.74, 6) is -1.59. The molecular formula is C24H23ClFN7O2. The fourth-order valence-corrected chi connectivity index (χ4v) is 5.84. The number of nitrogens with zero attached hydrogens (tertiary/aromatic N) is 5. The highest BCUT2D eigenvalue weighted by atomic mass is 35.5. The number of carboxylic acids is 1. The molecule has 3 fully saturated rings. The molecule has 4 aromatic rings. The predicted octanol–water partition coefficient (Wildman–Crippen LogP) is 4.51. The Labute approximate surface area is 204 Å². The number of H-pyrrole nitrogens is 1. The van der Waals surface area contributed by atoms with Gasteiger partial charge in [0.2, 0.25) is 0 Å². The van der Waals surface area contributed by atoms with E-state index >= 15 is 4.39 Å². The van der Waals surface area contributed by atoms with Gasteiger partial charge in [0.1, 0.15) is 16.4 Å². The lowest BCUT2D eigenvalue weighted by Crippen LogP contribution is -2.51. The molecule has 0 saturated heterocycles. The van der Waals surface area contributed by atoms with Crippen LogP contribution in [0, 0.1) is 23.6 Å². The van der Waals surface area contributed by atoms with Crippen LogP contribution in [0.3, 0.4) is 0 Å². The number of carboxylic acid groups (broad SMARTS) is 1. The fourth-order valence-electron chi connectivity index (χ4n) is 5.71. The summed E-state index contributed by atoms with van der Waals surface area (Å²) in [4.78, 5) is 32.8. The molecule has 9 nitrogen and oxygen atoms in total. The SMILES string of the molecule is Cn1ccc(-c2nc(-c3c[nH]c4ncc(Cl)nc34)nc(NC3C4CCC(CC4)C3C(=O)O)c2F)c1. The highest BCUT2D eigenvalue weighted by molar-refractivity contribution is 6.29. The number of fused-ring (bicyclic) bond motifs is 4. The third-order valence-corrected chi connectivity index (χ3v) is 7.54.